The van der Waals surface area contributed by atoms with E-state index in [1.54, 1.807) is 10.0 Å². The number of rotatable bonds is 20. The molecule has 2 aliphatic heterocycles. The van der Waals surface area contributed by atoms with E-state index in [0.717, 1.165) is 49.3 Å². The normalized spacial score (nSPS) is 21.9. The summed E-state index contributed by atoms with van der Waals surface area (Å²) in [5, 5.41) is 12.6. The van der Waals surface area contributed by atoms with Crippen LogP contribution in [0.25, 0.3) is 10.8 Å². The molecule has 4 atom stereocenters. The summed E-state index contributed by atoms with van der Waals surface area (Å²) < 4.78 is 0. The number of unbranched alkanes of at least 4 members (excludes halogenated alkanes) is 12. The SMILES string of the molecule is CCCCCCCCCC1C(Cl)C(=O)N1Nc1nnc(NN2C(=O)C(Cl)C2CCCCCCCCC)c2ccccc12. The molecule has 2 aromatic rings. The van der Waals surface area contributed by atoms with Gasteiger partial charge in [-0.05, 0) is 12.8 Å². The number of aromatic nitrogens is 2. The molecule has 8 nitrogen and oxygen atoms in total. The van der Waals surface area contributed by atoms with Crippen molar-refractivity contribution in [1.29, 1.82) is 0 Å². The lowest BCUT2D eigenvalue weighted by Gasteiger charge is -2.44. The molecule has 0 radical (unpaired) electrons. The highest BCUT2D eigenvalue weighted by molar-refractivity contribution is 6.34. The molecule has 4 rings (SSSR count). The topological polar surface area (TPSA) is 90.5 Å². The zero-order chi connectivity index (χ0) is 29.9. The van der Waals surface area contributed by atoms with Crippen molar-refractivity contribution in [1.82, 2.24) is 20.2 Å². The van der Waals surface area contributed by atoms with E-state index in [-0.39, 0.29) is 23.9 Å². The summed E-state index contributed by atoms with van der Waals surface area (Å²) in [6, 6.07) is 7.54. The summed E-state index contributed by atoms with van der Waals surface area (Å²) in [4.78, 5) is 25.3. The lowest BCUT2D eigenvalue weighted by molar-refractivity contribution is -0.143. The molecule has 0 spiro atoms. The number of alkyl halides is 2. The molecule has 0 aliphatic carbocycles. The number of benzene rings is 1. The Morgan fingerprint density at radius 3 is 1.36 bits per heavy atom. The second kappa shape index (κ2) is 16.5. The summed E-state index contributed by atoms with van der Waals surface area (Å²) in [5.74, 6) is 0.681. The van der Waals surface area contributed by atoms with Crippen molar-refractivity contribution in [3.63, 3.8) is 0 Å². The van der Waals surface area contributed by atoms with E-state index < -0.39 is 10.8 Å². The van der Waals surface area contributed by atoms with Crippen LogP contribution in [0.15, 0.2) is 24.3 Å². The van der Waals surface area contributed by atoms with Gasteiger partial charge in [-0.15, -0.1) is 33.4 Å². The van der Waals surface area contributed by atoms with Crippen molar-refractivity contribution >= 4 is 57.4 Å². The van der Waals surface area contributed by atoms with Crippen LogP contribution in [-0.4, -0.2) is 54.9 Å². The molecule has 2 saturated heterocycles. The van der Waals surface area contributed by atoms with Gasteiger partial charge in [0, 0.05) is 10.8 Å². The fourth-order valence-corrected chi connectivity index (χ4v) is 6.65. The third-order valence-electron chi connectivity index (χ3n) is 8.63. The van der Waals surface area contributed by atoms with Gasteiger partial charge in [0.05, 0.1) is 12.1 Å². The first kappa shape index (κ1) is 32.6. The van der Waals surface area contributed by atoms with Gasteiger partial charge < -0.3 is 0 Å². The zero-order valence-corrected chi connectivity index (χ0v) is 26.8. The number of hydrogen-bond donors (Lipinski definition) is 2. The minimum atomic E-state index is -0.521. The maximum atomic E-state index is 12.7. The molecular formula is C32H48Cl2N6O2. The average Bonchev–Trinajstić information content (AvgIpc) is 3.02. The molecule has 42 heavy (non-hydrogen) atoms. The van der Waals surface area contributed by atoms with Crippen LogP contribution in [0, 0.1) is 0 Å². The van der Waals surface area contributed by atoms with Crippen LogP contribution in [0.5, 0.6) is 0 Å². The molecule has 2 amide bonds. The predicted octanol–water partition coefficient (Wildman–Crippen LogP) is 8.20. The van der Waals surface area contributed by atoms with Gasteiger partial charge in [0.15, 0.2) is 11.6 Å². The van der Waals surface area contributed by atoms with Crippen molar-refractivity contribution in [2.45, 2.75) is 139 Å². The van der Waals surface area contributed by atoms with Gasteiger partial charge in [0.25, 0.3) is 11.8 Å². The van der Waals surface area contributed by atoms with Gasteiger partial charge in [-0.1, -0.05) is 128 Å². The summed E-state index contributed by atoms with van der Waals surface area (Å²) >= 11 is 12.8. The second-order valence-electron chi connectivity index (χ2n) is 11.8. The Labute approximate surface area is 261 Å². The highest BCUT2D eigenvalue weighted by atomic mass is 35.5. The molecular weight excluding hydrogens is 571 g/mol. The van der Waals surface area contributed by atoms with E-state index in [1.165, 1.54) is 64.2 Å². The summed E-state index contributed by atoms with van der Waals surface area (Å²) in [6.45, 7) is 4.45. The zero-order valence-electron chi connectivity index (χ0n) is 25.3. The number of β-lactam (4-membered cyclic amide) rings is 2. The van der Waals surface area contributed by atoms with Crippen LogP contribution in [0.4, 0.5) is 11.6 Å². The van der Waals surface area contributed by atoms with Crippen LogP contribution in [0.2, 0.25) is 0 Å². The quantitative estimate of drug-likeness (QED) is 0.0882. The Balaban J connectivity index is 1.35. The molecule has 0 bridgehead atoms. The molecule has 4 unspecified atom stereocenters. The van der Waals surface area contributed by atoms with Crippen LogP contribution >= 0.6 is 23.2 Å². The molecule has 232 valence electrons. The number of carbonyl (C=O) groups excluding carboxylic acids is 2. The van der Waals surface area contributed by atoms with Crippen molar-refractivity contribution < 1.29 is 9.59 Å². The number of amides is 2. The van der Waals surface area contributed by atoms with E-state index in [9.17, 15) is 9.59 Å². The molecule has 3 heterocycles. The van der Waals surface area contributed by atoms with Crippen LogP contribution in [0.3, 0.4) is 0 Å². The van der Waals surface area contributed by atoms with Gasteiger partial charge >= 0.3 is 0 Å². The molecule has 2 N–H and O–H groups in total. The fraction of sp³-hybridized carbons (Fsp3) is 0.688. The monoisotopic (exact) mass is 618 g/mol. The van der Waals surface area contributed by atoms with E-state index in [1.807, 2.05) is 24.3 Å². The fourth-order valence-electron chi connectivity index (χ4n) is 5.96. The van der Waals surface area contributed by atoms with Crippen LogP contribution in [0.1, 0.15) is 117 Å². The molecule has 2 fully saturated rings. The maximum Gasteiger partial charge on any atom is 0.261 e. The van der Waals surface area contributed by atoms with E-state index in [0.29, 0.717) is 11.6 Å². The molecule has 0 saturated carbocycles. The number of carbonyl (C=O) groups is 2. The summed E-state index contributed by atoms with van der Waals surface area (Å²) in [7, 11) is 0. The summed E-state index contributed by atoms with van der Waals surface area (Å²) in [5.41, 5.74) is 6.40. The van der Waals surface area contributed by atoms with E-state index in [2.05, 4.69) is 34.9 Å². The number of nitrogens with zero attached hydrogens (tertiary/aromatic N) is 4. The first-order chi connectivity index (χ1) is 20.5. The second-order valence-corrected chi connectivity index (χ2v) is 12.8. The van der Waals surface area contributed by atoms with Crippen molar-refractivity contribution in [3.8, 4) is 0 Å². The number of hydrazine groups is 2. The number of halogens is 2. The highest BCUT2D eigenvalue weighted by Gasteiger charge is 2.47. The van der Waals surface area contributed by atoms with Gasteiger partial charge in [-0.2, -0.15) is 0 Å². The number of nitrogens with one attached hydrogen (secondary N) is 2. The van der Waals surface area contributed by atoms with Gasteiger partial charge in [0.1, 0.15) is 10.8 Å². The lowest BCUT2D eigenvalue weighted by Crippen LogP contribution is -2.64. The third-order valence-corrected chi connectivity index (χ3v) is 9.59. The van der Waals surface area contributed by atoms with E-state index >= 15 is 0 Å². The Kier molecular flexibility index (Phi) is 12.8. The smallest absolute Gasteiger partial charge is 0.261 e. The van der Waals surface area contributed by atoms with Gasteiger partial charge in [0.2, 0.25) is 0 Å². The summed E-state index contributed by atoms with van der Waals surface area (Å²) in [6.07, 6.45) is 18.7. The Morgan fingerprint density at radius 1 is 0.619 bits per heavy atom. The Hall–Kier alpha value is -2.32. The standard InChI is InChI=1S/C32H48Cl2N6O2/c1-3-5-7-9-11-13-15-21-25-27(33)31(41)39(25)37-29-23-19-17-18-20-24(23)30(36-35-29)38-40-26(28(34)32(40)42)22-16-14-12-10-8-6-4-2/h17-20,25-28H,3-16,21-22H2,1-2H3,(H,35,37)(H,36,38). The Morgan fingerprint density at radius 2 is 0.976 bits per heavy atom. The maximum absolute atomic E-state index is 12.7. The predicted molar refractivity (Wildman–Crippen MR) is 173 cm³/mol. The van der Waals surface area contributed by atoms with Crippen molar-refractivity contribution in [2.75, 3.05) is 10.9 Å². The average molecular weight is 620 g/mol. The molecule has 1 aromatic heterocycles. The van der Waals surface area contributed by atoms with Gasteiger partial charge in [-0.25, -0.2) is 10.0 Å². The van der Waals surface area contributed by atoms with Gasteiger partial charge in [-0.3, -0.25) is 20.4 Å². The largest absolute Gasteiger partial charge is 0.277 e. The number of anilines is 2. The molecule has 2 aliphatic rings. The molecule has 10 heteroatoms. The minimum absolute atomic E-state index is 0.0834. The highest BCUT2D eigenvalue weighted by Crippen LogP contribution is 2.35. The number of hydrogen-bond acceptors (Lipinski definition) is 6. The number of fused-ring (bicyclic) bond motifs is 1. The first-order valence-corrected chi connectivity index (χ1v) is 17.1. The minimum Gasteiger partial charge on any atom is -0.277 e. The van der Waals surface area contributed by atoms with Crippen LogP contribution in [-0.2, 0) is 9.59 Å². The van der Waals surface area contributed by atoms with Crippen molar-refractivity contribution in [3.05, 3.63) is 24.3 Å². The first-order valence-electron chi connectivity index (χ1n) is 16.2. The van der Waals surface area contributed by atoms with Crippen LogP contribution < -0.4 is 10.9 Å². The third kappa shape index (κ3) is 7.98. The Bertz CT molecular complexity index is 1080. The lowest BCUT2D eigenvalue weighted by atomic mass is 9.96. The van der Waals surface area contributed by atoms with Crippen molar-refractivity contribution in [2.24, 2.45) is 0 Å². The van der Waals surface area contributed by atoms with E-state index in [4.69, 9.17) is 23.2 Å². The molecule has 1 aromatic carbocycles.